The zero-order valence-corrected chi connectivity index (χ0v) is 23.9. The topological polar surface area (TPSA) is 79.2 Å². The lowest BCUT2D eigenvalue weighted by Gasteiger charge is -2.25. The van der Waals surface area contributed by atoms with Crippen LogP contribution in [0.4, 0.5) is 0 Å². The summed E-state index contributed by atoms with van der Waals surface area (Å²) < 4.78 is 5.93. The lowest BCUT2D eigenvalue weighted by molar-refractivity contribution is -0.127. The van der Waals surface area contributed by atoms with Gasteiger partial charge in [-0.15, -0.1) is 0 Å². The molecule has 0 radical (unpaired) electrons. The Labute approximate surface area is 229 Å². The molecule has 6 nitrogen and oxygen atoms in total. The molecule has 2 aromatic rings. The van der Waals surface area contributed by atoms with Gasteiger partial charge in [0.2, 0.25) is 0 Å². The fourth-order valence-corrected chi connectivity index (χ4v) is 4.42. The molecule has 38 heavy (non-hydrogen) atoms. The van der Waals surface area contributed by atoms with Crippen LogP contribution in [-0.4, -0.2) is 42.2 Å². The number of hydrogen-bond acceptors (Lipinski definition) is 5. The van der Waals surface area contributed by atoms with Crippen LogP contribution in [0.1, 0.15) is 83.8 Å². The van der Waals surface area contributed by atoms with E-state index in [1.807, 2.05) is 82.3 Å². The third kappa shape index (κ3) is 11.0. The number of amides is 1. The number of nitrogens with zero attached hydrogens (tertiary/aromatic N) is 2. The molecule has 3 rings (SSSR count). The summed E-state index contributed by atoms with van der Waals surface area (Å²) in [5, 5.41) is 12.7. The Bertz CT molecular complexity index is 978. The van der Waals surface area contributed by atoms with Crippen LogP contribution < -0.4 is 4.74 Å². The first kappa shape index (κ1) is 32.8. The average molecular weight is 523 g/mol. The number of rotatable bonds is 11. The number of allylic oxidation sites excluding steroid dienone is 1. The third-order valence-electron chi connectivity index (χ3n) is 6.42. The molecule has 0 atom stereocenters. The van der Waals surface area contributed by atoms with Crippen molar-refractivity contribution in [2.45, 2.75) is 79.2 Å². The summed E-state index contributed by atoms with van der Waals surface area (Å²) in [6.45, 7) is 8.91. The van der Waals surface area contributed by atoms with Crippen molar-refractivity contribution in [3.05, 3.63) is 71.3 Å². The van der Waals surface area contributed by atoms with Crippen LogP contribution in [0.15, 0.2) is 65.3 Å². The number of aliphatic hydroxyl groups excluding tert-OH is 1. The van der Waals surface area contributed by atoms with Gasteiger partial charge in [0.1, 0.15) is 18.6 Å². The first-order valence-corrected chi connectivity index (χ1v) is 13.8. The largest absolute Gasteiger partial charge is 0.489 e. The number of aldehydes is 1. The van der Waals surface area contributed by atoms with Gasteiger partial charge >= 0.3 is 0 Å². The first-order valence-electron chi connectivity index (χ1n) is 13.8. The summed E-state index contributed by atoms with van der Waals surface area (Å²) >= 11 is 0. The van der Waals surface area contributed by atoms with Crippen LogP contribution in [0.5, 0.6) is 5.75 Å². The first-order chi connectivity index (χ1) is 18.6. The minimum Gasteiger partial charge on any atom is -0.489 e. The molecule has 0 aliphatic heterocycles. The van der Waals surface area contributed by atoms with Gasteiger partial charge in [-0.3, -0.25) is 4.79 Å². The van der Waals surface area contributed by atoms with Crippen LogP contribution in [0.25, 0.3) is 5.57 Å². The summed E-state index contributed by atoms with van der Waals surface area (Å²) in [6, 6.07) is 18.1. The highest BCUT2D eigenvalue weighted by molar-refractivity contribution is 6.01. The molecule has 0 bridgehead atoms. The van der Waals surface area contributed by atoms with E-state index in [1.54, 1.807) is 0 Å². The van der Waals surface area contributed by atoms with E-state index in [4.69, 9.17) is 9.84 Å². The molecule has 1 N–H and O–H groups in total. The van der Waals surface area contributed by atoms with Crippen molar-refractivity contribution >= 4 is 24.0 Å². The monoisotopic (exact) mass is 522 g/mol. The van der Waals surface area contributed by atoms with Gasteiger partial charge in [0.25, 0.3) is 5.91 Å². The third-order valence-corrected chi connectivity index (χ3v) is 6.42. The minimum atomic E-state index is -0.0721. The molecule has 0 saturated heterocycles. The van der Waals surface area contributed by atoms with Crippen molar-refractivity contribution < 1.29 is 19.4 Å². The van der Waals surface area contributed by atoms with E-state index in [1.165, 1.54) is 30.5 Å². The highest BCUT2D eigenvalue weighted by Crippen LogP contribution is 2.33. The van der Waals surface area contributed by atoms with E-state index >= 15 is 0 Å². The Morgan fingerprint density at radius 1 is 1.03 bits per heavy atom. The molecule has 1 saturated carbocycles. The second-order valence-corrected chi connectivity index (χ2v) is 8.83. The maximum atomic E-state index is 13.5. The van der Waals surface area contributed by atoms with Gasteiger partial charge in [-0.1, -0.05) is 88.4 Å². The SMILES string of the molecule is CC.CCN(/N=C\CC=O)C(=O)/C(CC1CCCCC1)=C(\C)c1ccc(OCc2ccccc2)cc1.CO. The Morgan fingerprint density at radius 3 is 2.24 bits per heavy atom. The minimum absolute atomic E-state index is 0.0721. The summed E-state index contributed by atoms with van der Waals surface area (Å²) in [5.74, 6) is 1.25. The molecule has 1 aliphatic rings. The van der Waals surface area contributed by atoms with E-state index in [0.29, 0.717) is 19.1 Å². The molecule has 2 aromatic carbocycles. The Morgan fingerprint density at radius 2 is 1.66 bits per heavy atom. The number of likely N-dealkylation sites (N-methyl/N-ethyl adjacent to an activating group) is 1. The van der Waals surface area contributed by atoms with Crippen molar-refractivity contribution in [1.82, 2.24) is 5.01 Å². The lowest BCUT2D eigenvalue weighted by Crippen LogP contribution is -2.29. The highest BCUT2D eigenvalue weighted by Gasteiger charge is 2.24. The second kappa shape index (κ2) is 19.8. The zero-order valence-electron chi connectivity index (χ0n) is 23.9. The van der Waals surface area contributed by atoms with Gasteiger partial charge in [-0.25, -0.2) is 5.01 Å². The molecule has 0 spiro atoms. The molecule has 0 unspecified atom stereocenters. The number of ether oxygens (including phenoxy) is 1. The standard InChI is InChI=1S/C29H36N2O3.C2H6.CH4O/c1-3-31(30-19-10-20-32)29(33)28(21-24-11-6-4-7-12-24)23(2)26-15-17-27(18-16-26)34-22-25-13-8-5-9-14-25;2*1-2/h5,8-9,13-20,24H,3-4,6-7,10-12,21-22H2,1-2H3;1-2H3;2H,1H3/b28-23+,30-19-;;. The number of carbonyl (C=O) groups excluding carboxylic acids is 2. The van der Waals surface area contributed by atoms with Crippen molar-refractivity contribution in [3.63, 3.8) is 0 Å². The average Bonchev–Trinajstić information content (AvgIpc) is 3.00. The molecule has 0 heterocycles. The molecular formula is C32H46N2O4. The van der Waals surface area contributed by atoms with E-state index in [-0.39, 0.29) is 12.3 Å². The van der Waals surface area contributed by atoms with Crippen molar-refractivity contribution in [2.75, 3.05) is 13.7 Å². The van der Waals surface area contributed by atoms with Gasteiger partial charge in [-0.2, -0.15) is 5.10 Å². The van der Waals surface area contributed by atoms with Gasteiger partial charge in [0.15, 0.2) is 0 Å². The fraction of sp³-hybridized carbons (Fsp3) is 0.469. The van der Waals surface area contributed by atoms with E-state index in [2.05, 4.69) is 5.10 Å². The Hall–Kier alpha value is -3.25. The van der Waals surface area contributed by atoms with Crippen LogP contribution >= 0.6 is 0 Å². The van der Waals surface area contributed by atoms with E-state index in [9.17, 15) is 9.59 Å². The molecule has 1 amide bonds. The smallest absolute Gasteiger partial charge is 0.270 e. The Balaban J connectivity index is 0.00000172. The number of benzene rings is 2. The number of carbonyl (C=O) groups is 2. The van der Waals surface area contributed by atoms with Crippen LogP contribution in [0.3, 0.4) is 0 Å². The number of hydrazone groups is 1. The van der Waals surface area contributed by atoms with Gasteiger partial charge in [0, 0.05) is 31.9 Å². The normalized spacial score (nSPS) is 13.8. The second-order valence-electron chi connectivity index (χ2n) is 8.83. The molecule has 0 aromatic heterocycles. The summed E-state index contributed by atoms with van der Waals surface area (Å²) in [4.78, 5) is 24.2. The molecule has 6 heteroatoms. The van der Waals surface area contributed by atoms with E-state index in [0.717, 1.165) is 60.7 Å². The lowest BCUT2D eigenvalue weighted by atomic mass is 9.83. The van der Waals surface area contributed by atoms with Crippen molar-refractivity contribution in [2.24, 2.45) is 11.0 Å². The van der Waals surface area contributed by atoms with Crippen LogP contribution in [0, 0.1) is 5.92 Å². The van der Waals surface area contributed by atoms with Crippen LogP contribution in [0.2, 0.25) is 0 Å². The predicted octanol–water partition coefficient (Wildman–Crippen LogP) is 7.07. The molecule has 208 valence electrons. The van der Waals surface area contributed by atoms with Gasteiger partial charge in [0.05, 0.1) is 0 Å². The maximum Gasteiger partial charge on any atom is 0.270 e. The van der Waals surface area contributed by atoms with Gasteiger partial charge < -0.3 is 14.6 Å². The predicted molar refractivity (Wildman–Crippen MR) is 157 cm³/mol. The van der Waals surface area contributed by atoms with Crippen LogP contribution in [-0.2, 0) is 16.2 Å². The summed E-state index contributed by atoms with van der Waals surface area (Å²) in [5.41, 5.74) is 3.93. The zero-order chi connectivity index (χ0) is 28.2. The van der Waals surface area contributed by atoms with E-state index < -0.39 is 0 Å². The molecule has 1 fully saturated rings. The highest BCUT2D eigenvalue weighted by atomic mass is 16.5. The quantitative estimate of drug-likeness (QED) is 0.148. The summed E-state index contributed by atoms with van der Waals surface area (Å²) in [7, 11) is 1.00. The van der Waals surface area contributed by atoms with Gasteiger partial charge in [-0.05, 0) is 55.0 Å². The number of hydrogen-bond donors (Lipinski definition) is 1. The molecule has 1 aliphatic carbocycles. The maximum absolute atomic E-state index is 13.5. The summed E-state index contributed by atoms with van der Waals surface area (Å²) in [6.07, 6.45) is 9.32. The molecular weight excluding hydrogens is 476 g/mol. The fourth-order valence-electron chi connectivity index (χ4n) is 4.42. The number of aliphatic hydroxyl groups is 1. The van der Waals surface area contributed by atoms with Crippen molar-refractivity contribution in [3.8, 4) is 5.75 Å². The Kier molecular flexibility index (Phi) is 17.1. The van der Waals surface area contributed by atoms with Crippen molar-refractivity contribution in [1.29, 1.82) is 0 Å².